The summed E-state index contributed by atoms with van der Waals surface area (Å²) in [6.45, 7) is 13.9. The molecule has 0 bridgehead atoms. The van der Waals surface area contributed by atoms with Crippen molar-refractivity contribution in [3.63, 3.8) is 0 Å². The van der Waals surface area contributed by atoms with E-state index in [2.05, 4.69) is 148 Å². The number of rotatable bonds is 8. The van der Waals surface area contributed by atoms with Gasteiger partial charge >= 0.3 is 0 Å². The van der Waals surface area contributed by atoms with E-state index in [4.69, 9.17) is 0 Å². The Morgan fingerprint density at radius 1 is 0.449 bits per heavy atom. The zero-order valence-corrected chi connectivity index (χ0v) is 44.6. The number of hydrogen-bond donors (Lipinski definition) is 0. The number of carbonyl (C=O) groups excluding carboxylic acids is 2. The van der Waals surface area contributed by atoms with Crippen LogP contribution >= 0.6 is 0 Å². The van der Waals surface area contributed by atoms with E-state index in [1.807, 2.05) is 183 Å². The summed E-state index contributed by atoms with van der Waals surface area (Å²) in [4.78, 5) is 26.7. The van der Waals surface area contributed by atoms with Crippen LogP contribution < -0.4 is 0 Å². The van der Waals surface area contributed by atoms with Crippen molar-refractivity contribution in [3.05, 3.63) is 347 Å². The van der Waals surface area contributed by atoms with Crippen molar-refractivity contribution in [1.29, 1.82) is 0 Å². The molecule has 0 N–H and O–H groups in total. The van der Waals surface area contributed by atoms with Crippen molar-refractivity contribution in [2.24, 2.45) is 5.41 Å². The molecule has 2 heteroatoms. The molecule has 2 aliphatic rings. The van der Waals surface area contributed by atoms with Crippen molar-refractivity contribution in [2.75, 3.05) is 0 Å². The first-order chi connectivity index (χ1) is 38.1. The van der Waals surface area contributed by atoms with Gasteiger partial charge in [-0.1, -0.05) is 280 Å². The smallest absolute Gasteiger partial charge is 0.195 e. The number of ketones is 2. The van der Waals surface area contributed by atoms with Gasteiger partial charge in [0.05, 0.1) is 0 Å². The molecule has 9 aromatic carbocycles. The molecule has 0 radical (unpaired) electrons. The first-order valence-corrected chi connectivity index (χ1v) is 26.3. The fourth-order valence-corrected chi connectivity index (χ4v) is 9.40. The monoisotopic (exact) mass is 1010 g/mol. The van der Waals surface area contributed by atoms with Crippen molar-refractivity contribution in [1.82, 2.24) is 0 Å². The molecule has 9 aromatic rings. The lowest BCUT2D eigenvalue weighted by molar-refractivity contribution is -0.109. The number of benzene rings is 9. The normalized spacial score (nSPS) is 13.9. The number of carbonyl (C=O) groups is 2. The molecule has 0 aromatic heterocycles. The minimum Gasteiger partial charge on any atom is -0.289 e. The maximum atomic E-state index is 14.4. The first-order valence-electron chi connectivity index (χ1n) is 26.3. The second kappa shape index (κ2) is 27.1. The zero-order chi connectivity index (χ0) is 54.5. The minimum absolute atomic E-state index is 0.109. The van der Waals surface area contributed by atoms with Crippen molar-refractivity contribution < 1.29 is 9.59 Å². The van der Waals surface area contributed by atoms with Gasteiger partial charge in [0.2, 0.25) is 0 Å². The molecule has 78 heavy (non-hydrogen) atoms. The molecule has 0 aliphatic heterocycles. The number of Topliss-reactive ketones (excluding diaryl/α,β-unsaturated/α-hetero) is 2. The lowest BCUT2D eigenvalue weighted by atomic mass is 9.72. The Morgan fingerprint density at radius 2 is 0.833 bits per heavy atom. The zero-order valence-electron chi connectivity index (χ0n) is 44.6. The van der Waals surface area contributed by atoms with Crippen LogP contribution in [0.2, 0.25) is 0 Å². The van der Waals surface area contributed by atoms with Gasteiger partial charge in [-0.2, -0.15) is 0 Å². The highest BCUT2D eigenvalue weighted by Crippen LogP contribution is 2.54. The molecule has 0 saturated carbocycles. The van der Waals surface area contributed by atoms with Gasteiger partial charge in [-0.15, -0.1) is 5.92 Å². The van der Waals surface area contributed by atoms with E-state index in [0.29, 0.717) is 11.1 Å². The van der Waals surface area contributed by atoms with Gasteiger partial charge in [-0.25, -0.2) is 0 Å². The van der Waals surface area contributed by atoms with Crippen LogP contribution in [0.25, 0.3) is 33.9 Å². The number of hydrogen-bond acceptors (Lipinski definition) is 2. The predicted molar refractivity (Wildman–Crippen MR) is 329 cm³/mol. The molecule has 1 atom stereocenters. The molecule has 378 valence electrons. The van der Waals surface area contributed by atoms with Crippen LogP contribution in [0.1, 0.15) is 81.5 Å². The van der Waals surface area contributed by atoms with Gasteiger partial charge in [0.1, 0.15) is 0 Å². The van der Waals surface area contributed by atoms with Crippen LogP contribution in [0.3, 0.4) is 0 Å². The number of aryl methyl sites for hydroxylation is 2. The topological polar surface area (TPSA) is 34.1 Å². The maximum Gasteiger partial charge on any atom is 0.195 e. The summed E-state index contributed by atoms with van der Waals surface area (Å²) in [5.74, 6) is 12.1. The van der Waals surface area contributed by atoms with Gasteiger partial charge < -0.3 is 0 Å². The Morgan fingerprint density at radius 3 is 1.31 bits per heavy atom. The molecular formula is C76H62O2. The molecule has 0 heterocycles. The van der Waals surface area contributed by atoms with E-state index in [0.717, 1.165) is 79.6 Å². The quantitative estimate of drug-likeness (QED) is 0.112. The highest BCUT2D eigenvalue weighted by atomic mass is 16.1. The summed E-state index contributed by atoms with van der Waals surface area (Å²) in [7, 11) is 0. The van der Waals surface area contributed by atoms with Crippen LogP contribution in [-0.2, 0) is 16.0 Å². The summed E-state index contributed by atoms with van der Waals surface area (Å²) < 4.78 is 0. The predicted octanol–water partition coefficient (Wildman–Crippen LogP) is 17.7. The molecule has 0 fully saturated rings. The Bertz CT molecular complexity index is 3660. The standard InChI is InChI=1S/C35H28O.C17H14O.C15H12.C9H8/c1-35(23-21-25-13-11-12-14-26(25)22-24-35)33-30(27-15-5-2-6-16-27)31(28-17-7-3-8-18-28)34(36)32(33)29-19-9-4-10-20-29;1-13(15-9-5-3-6-10-15)17(18)14(2)16-11-7-4-8-12-16;1-13-7-9-15(10-8-13)12-11-14-5-3-2-4-6-14;1-2-6-9-7-4-3-5-8-9/h2-21,23H,22,24H2,1H3;3-12H,1-2H2;2-10H,1H3;3-5,7-8H,1H3. The summed E-state index contributed by atoms with van der Waals surface area (Å²) in [6.07, 6.45) is 6.48. The summed E-state index contributed by atoms with van der Waals surface area (Å²) >= 11 is 0. The summed E-state index contributed by atoms with van der Waals surface area (Å²) in [5.41, 5.74) is 16.2. The van der Waals surface area contributed by atoms with Gasteiger partial charge in [-0.3, -0.25) is 9.59 Å². The lowest BCUT2D eigenvalue weighted by Gasteiger charge is -2.31. The molecule has 0 saturated heterocycles. The van der Waals surface area contributed by atoms with Crippen LogP contribution in [0.15, 0.2) is 286 Å². The third-order valence-corrected chi connectivity index (χ3v) is 13.6. The van der Waals surface area contributed by atoms with Crippen LogP contribution in [0.5, 0.6) is 0 Å². The van der Waals surface area contributed by atoms with Crippen LogP contribution in [-0.4, -0.2) is 11.6 Å². The van der Waals surface area contributed by atoms with Crippen molar-refractivity contribution in [3.8, 4) is 23.7 Å². The van der Waals surface area contributed by atoms with Gasteiger partial charge in [0.15, 0.2) is 11.6 Å². The molecule has 0 amide bonds. The maximum absolute atomic E-state index is 14.4. The average molecular weight is 1010 g/mol. The highest BCUT2D eigenvalue weighted by Gasteiger charge is 2.42. The average Bonchev–Trinajstić information content (AvgIpc) is 3.94. The van der Waals surface area contributed by atoms with E-state index >= 15 is 0 Å². The third kappa shape index (κ3) is 14.1. The van der Waals surface area contributed by atoms with Crippen molar-refractivity contribution >= 4 is 45.5 Å². The molecule has 2 nitrogen and oxygen atoms in total. The Balaban J connectivity index is 0.000000158. The lowest BCUT2D eigenvalue weighted by Crippen LogP contribution is -2.19. The van der Waals surface area contributed by atoms with Gasteiger partial charge in [0, 0.05) is 44.4 Å². The van der Waals surface area contributed by atoms with E-state index in [9.17, 15) is 9.59 Å². The Labute approximate surface area is 462 Å². The van der Waals surface area contributed by atoms with Gasteiger partial charge in [-0.05, 0) is 113 Å². The molecule has 2 aliphatic carbocycles. The third-order valence-electron chi connectivity index (χ3n) is 13.6. The SMILES string of the molecule is C=C(C(=O)C(=C)c1ccccc1)c1ccccc1.CC#Cc1ccccc1.CC1(C2=C(c3ccccc3)C(=O)C(c3ccccc3)=C2c2ccccc2)C=Cc2ccccc2CC1.Cc1ccc(C#Cc2ccccc2)cc1. The molecule has 1 unspecified atom stereocenters. The van der Waals surface area contributed by atoms with Crippen molar-refractivity contribution in [2.45, 2.75) is 33.6 Å². The molecule has 11 rings (SSSR count). The largest absolute Gasteiger partial charge is 0.289 e. The molecule has 0 spiro atoms. The van der Waals surface area contributed by atoms with E-state index in [-0.39, 0.29) is 17.0 Å². The number of allylic oxidation sites excluding steroid dienone is 7. The fourth-order valence-electron chi connectivity index (χ4n) is 9.40. The van der Waals surface area contributed by atoms with Crippen LogP contribution in [0.4, 0.5) is 0 Å². The molecular weight excluding hydrogens is 945 g/mol. The summed E-state index contributed by atoms with van der Waals surface area (Å²) in [5, 5.41) is 0. The van der Waals surface area contributed by atoms with E-state index in [1.54, 1.807) is 0 Å². The van der Waals surface area contributed by atoms with E-state index < -0.39 is 0 Å². The summed E-state index contributed by atoms with van der Waals surface area (Å²) in [6, 6.07) is 86.5. The highest BCUT2D eigenvalue weighted by molar-refractivity contribution is 6.52. The number of fused-ring (bicyclic) bond motifs is 1. The fraction of sp³-hybridized carbons (Fsp3) is 0.0789. The second-order valence-corrected chi connectivity index (χ2v) is 19.1. The Hall–Kier alpha value is -9.86. The Kier molecular flexibility index (Phi) is 18.9. The second-order valence-electron chi connectivity index (χ2n) is 19.1. The first kappa shape index (κ1) is 54.4. The van der Waals surface area contributed by atoms with Crippen LogP contribution in [0, 0.1) is 36.0 Å². The minimum atomic E-state index is -0.318. The van der Waals surface area contributed by atoms with E-state index in [1.165, 1.54) is 16.7 Å². The van der Waals surface area contributed by atoms with Gasteiger partial charge in [0.25, 0.3) is 0 Å².